The molecule has 0 bridgehead atoms. The second-order valence-corrected chi connectivity index (χ2v) is 23.9. The molecule has 4 aromatic carbocycles. The fourth-order valence-corrected chi connectivity index (χ4v) is 10.1. The van der Waals surface area contributed by atoms with Crippen LogP contribution in [0.25, 0.3) is 32.9 Å². The summed E-state index contributed by atoms with van der Waals surface area (Å²) < 4.78 is 44.2. The summed E-state index contributed by atoms with van der Waals surface area (Å²) in [6.45, 7) is 17.9. The lowest BCUT2D eigenvalue weighted by Gasteiger charge is -2.32. The van der Waals surface area contributed by atoms with E-state index in [9.17, 15) is 37.5 Å². The minimum absolute atomic E-state index is 0.0170. The summed E-state index contributed by atoms with van der Waals surface area (Å²) in [5, 5.41) is 6.75. The molecule has 5 heterocycles. The Kier molecular flexibility index (Phi) is 22.0. The Balaban J connectivity index is 0.000000200. The van der Waals surface area contributed by atoms with Crippen LogP contribution in [0.5, 0.6) is 0 Å². The third-order valence-corrected chi connectivity index (χ3v) is 15.9. The molecule has 16 nitrogen and oxygen atoms in total. The second kappa shape index (κ2) is 28.7. The minimum atomic E-state index is -0.585. The molecule has 0 unspecified atom stereocenters. The maximum absolute atomic E-state index is 14.1. The number of nitrogens with zero attached hydrogens (tertiary/aromatic N) is 6. The molecule has 4 amide bonds. The first kappa shape index (κ1) is 65.9. The highest BCUT2D eigenvalue weighted by molar-refractivity contribution is 9.10. The van der Waals surface area contributed by atoms with E-state index in [0.29, 0.717) is 11.1 Å². The lowest BCUT2D eigenvalue weighted by Crippen LogP contribution is -2.45. The molecule has 1 saturated heterocycles. The number of halogens is 5. The highest BCUT2D eigenvalue weighted by Crippen LogP contribution is 2.36. The van der Waals surface area contributed by atoms with E-state index < -0.39 is 23.4 Å². The highest BCUT2D eigenvalue weighted by atomic mass is 79.9. The number of carbonyl (C=O) groups is 6. The van der Waals surface area contributed by atoms with Gasteiger partial charge in [-0.1, -0.05) is 81.6 Å². The molecule has 1 fully saturated rings. The van der Waals surface area contributed by atoms with Gasteiger partial charge in [0.05, 0.1) is 34.3 Å². The van der Waals surface area contributed by atoms with E-state index in [4.69, 9.17) is 32.5 Å². The molecule has 22 heteroatoms. The third kappa shape index (κ3) is 16.3. The topological polar surface area (TPSA) is 187 Å². The Morgan fingerprint density at radius 2 is 1.07 bits per heavy atom. The van der Waals surface area contributed by atoms with Crippen molar-refractivity contribution >= 4 is 109 Å². The highest BCUT2D eigenvalue weighted by Gasteiger charge is 2.51. The molecule has 0 aliphatic carbocycles. The van der Waals surface area contributed by atoms with Gasteiger partial charge in [0, 0.05) is 122 Å². The van der Waals surface area contributed by atoms with Crippen molar-refractivity contribution in [2.75, 3.05) is 13.1 Å². The van der Waals surface area contributed by atoms with Crippen LogP contribution in [0.4, 0.5) is 8.78 Å². The largest absolute Gasteiger partial charge is 0.496 e. The quantitative estimate of drug-likeness (QED) is 0.0618. The second-order valence-electron chi connectivity index (χ2n) is 22.2. The van der Waals surface area contributed by atoms with E-state index in [-0.39, 0.29) is 114 Å². The van der Waals surface area contributed by atoms with Gasteiger partial charge >= 0.3 is 7.12 Å². The van der Waals surface area contributed by atoms with Crippen molar-refractivity contribution in [2.24, 2.45) is 0 Å². The first-order valence-electron chi connectivity index (χ1n) is 27.7. The van der Waals surface area contributed by atoms with E-state index >= 15 is 0 Å². The molecule has 0 spiro atoms. The van der Waals surface area contributed by atoms with Crippen LogP contribution in [-0.4, -0.2) is 108 Å². The fourth-order valence-electron chi connectivity index (χ4n) is 9.37. The van der Waals surface area contributed by atoms with Gasteiger partial charge in [0.25, 0.3) is 0 Å². The number of pyridine rings is 2. The van der Waals surface area contributed by atoms with Gasteiger partial charge in [-0.15, -0.1) is 0 Å². The van der Waals surface area contributed by atoms with Crippen molar-refractivity contribution < 1.29 is 46.9 Å². The number of carbonyl (C=O) groups excluding carboxylic acids is 6. The lowest BCUT2D eigenvalue weighted by atomic mass is 9.80. The standard InChI is InChI=1S/C29H28ClFN4O3.C24H24BrClFN3O3.C11H16BNO2/c1-18(2)35(16-27(37)33-14-22-6-4-8-25(30)29(22)31)28(38)17-34-15-24(19(3)36)23-12-20(9-10-26(23)34)21-7-5-11-32-13-21;1-14(2)30(12-22(32)28-10-16-5-4-6-20(26)24(16)27)23(33)13-29-11-19(15(3)31)18-9-17(25)7-8-21(18)29;1-10(2)11(3,4)15-12(14-10)9-6-5-7-13-8-9/h4-13,15,18H,14,16-17H2,1-3H3,(H,33,37);4-9,11,14H,10,12-13H2,1-3H3,(H,28,32);5-8H,1-4H3. The normalized spacial score (nSPS) is 13.2. The van der Waals surface area contributed by atoms with Crippen LogP contribution in [0.15, 0.2) is 139 Å². The van der Waals surface area contributed by atoms with Crippen molar-refractivity contribution in [2.45, 2.75) is 119 Å². The Hall–Kier alpha value is -7.62. The molecule has 1 aliphatic heterocycles. The van der Waals surface area contributed by atoms with Crippen LogP contribution in [-0.2, 0) is 54.7 Å². The maximum atomic E-state index is 14.1. The zero-order chi connectivity index (χ0) is 62.8. The van der Waals surface area contributed by atoms with Crippen molar-refractivity contribution in [3.63, 3.8) is 0 Å². The van der Waals surface area contributed by atoms with Gasteiger partial charge in [-0.05, 0) is 129 Å². The van der Waals surface area contributed by atoms with Crippen LogP contribution in [0.3, 0.4) is 0 Å². The third-order valence-electron chi connectivity index (χ3n) is 14.8. The van der Waals surface area contributed by atoms with Gasteiger partial charge in [0.15, 0.2) is 11.6 Å². The number of ketones is 2. The number of hydrogen-bond donors (Lipinski definition) is 2. The molecule has 450 valence electrons. The molecule has 0 radical (unpaired) electrons. The molecule has 1 aliphatic rings. The Morgan fingerprint density at radius 1 is 0.616 bits per heavy atom. The Morgan fingerprint density at radius 3 is 1.50 bits per heavy atom. The molecular weight excluding hydrogens is 1210 g/mol. The van der Waals surface area contributed by atoms with Crippen molar-refractivity contribution in [1.82, 2.24) is 39.5 Å². The van der Waals surface area contributed by atoms with Crippen LogP contribution >= 0.6 is 39.1 Å². The van der Waals surface area contributed by atoms with Gasteiger partial charge in [-0.2, -0.15) is 0 Å². The molecule has 9 rings (SSSR count). The summed E-state index contributed by atoms with van der Waals surface area (Å²) in [6.07, 6.45) is 10.3. The van der Waals surface area contributed by atoms with Crippen LogP contribution in [0.1, 0.15) is 101 Å². The average molecular weight is 1280 g/mol. The molecule has 0 atom stereocenters. The number of amides is 4. The maximum Gasteiger partial charge on any atom is 0.496 e. The summed E-state index contributed by atoms with van der Waals surface area (Å²) in [7, 11) is -0.302. The van der Waals surface area contributed by atoms with E-state index in [1.165, 1.54) is 47.9 Å². The summed E-state index contributed by atoms with van der Waals surface area (Å²) in [5.74, 6) is -2.77. The van der Waals surface area contributed by atoms with Gasteiger partial charge in [-0.25, -0.2) is 8.78 Å². The van der Waals surface area contributed by atoms with Gasteiger partial charge < -0.3 is 38.9 Å². The molecule has 0 saturated carbocycles. The number of hydrogen-bond acceptors (Lipinski definition) is 10. The first-order chi connectivity index (χ1) is 40.7. The van der Waals surface area contributed by atoms with E-state index in [1.807, 2.05) is 116 Å². The number of Topliss-reactive ketones (excluding diaryl/α,β-unsaturated/α-hetero) is 2. The average Bonchev–Trinajstić information content (AvgIpc) is 1.75. The van der Waals surface area contributed by atoms with E-state index in [2.05, 4.69) is 36.5 Å². The van der Waals surface area contributed by atoms with Crippen LogP contribution in [0, 0.1) is 11.6 Å². The zero-order valence-corrected chi connectivity index (χ0v) is 52.6. The summed E-state index contributed by atoms with van der Waals surface area (Å²) in [5.41, 5.74) is 5.28. The molecule has 4 aromatic heterocycles. The van der Waals surface area contributed by atoms with Crippen molar-refractivity contribution in [3.8, 4) is 11.1 Å². The summed E-state index contributed by atoms with van der Waals surface area (Å²) in [6, 6.07) is 27.5. The Bertz CT molecular complexity index is 3770. The monoisotopic (exact) mass is 1270 g/mol. The van der Waals surface area contributed by atoms with Gasteiger partial charge in [0.1, 0.15) is 24.7 Å². The molecule has 86 heavy (non-hydrogen) atoms. The summed E-state index contributed by atoms with van der Waals surface area (Å²) in [4.78, 5) is 87.2. The van der Waals surface area contributed by atoms with Crippen molar-refractivity contribution in [3.05, 3.63) is 183 Å². The number of benzene rings is 4. The number of fused-ring (bicyclic) bond motifs is 2. The van der Waals surface area contributed by atoms with Crippen molar-refractivity contribution in [1.29, 1.82) is 0 Å². The molecule has 8 aromatic rings. The predicted molar refractivity (Wildman–Crippen MR) is 335 cm³/mol. The number of nitrogens with one attached hydrogen (secondary N) is 2. The van der Waals surface area contributed by atoms with E-state index in [0.717, 1.165) is 42.9 Å². The van der Waals surface area contributed by atoms with Crippen LogP contribution < -0.4 is 16.1 Å². The minimum Gasteiger partial charge on any atom is -0.399 e. The zero-order valence-electron chi connectivity index (χ0n) is 49.5. The SMILES string of the molecule is CC(=O)c1cn(CC(=O)N(CC(=O)NCc2cccc(Cl)c2F)C(C)C)c2ccc(-c3cccnc3)cc12.CC(=O)c1cn(CC(=O)N(CC(=O)NCc2cccc(Cl)c2F)C(C)C)c2ccc(Br)cc12.CC1(C)OB(c2cccnc2)OC1(C)C. The Labute approximate surface area is 517 Å². The molecular formula is C64H68BBrCl2F2N8O8. The smallest absolute Gasteiger partial charge is 0.399 e. The lowest BCUT2D eigenvalue weighted by molar-refractivity contribution is -0.138. The fraction of sp³-hybridized carbons (Fsp3) is 0.312. The molecule has 2 N–H and O–H groups in total. The van der Waals surface area contributed by atoms with Gasteiger partial charge in [-0.3, -0.25) is 38.7 Å². The van der Waals surface area contributed by atoms with Crippen LogP contribution in [0.2, 0.25) is 10.0 Å². The van der Waals surface area contributed by atoms with Gasteiger partial charge in [0.2, 0.25) is 23.6 Å². The summed E-state index contributed by atoms with van der Waals surface area (Å²) >= 11 is 15.0. The predicted octanol–water partition coefficient (Wildman–Crippen LogP) is 11.6. The number of rotatable bonds is 18. The van der Waals surface area contributed by atoms with E-state index in [1.54, 1.807) is 58.4 Å². The first-order valence-corrected chi connectivity index (χ1v) is 29.3. The number of aromatic nitrogens is 4.